The highest BCUT2D eigenvalue weighted by atomic mass is 35.5. The normalized spacial score (nSPS) is 10.7. The van der Waals surface area contributed by atoms with Gasteiger partial charge >= 0.3 is 0 Å². The molecule has 1 amide bonds. The largest absolute Gasteiger partial charge is 0.390 e. The molecular formula is C14H16ClN3O. The van der Waals surface area contributed by atoms with E-state index in [4.69, 9.17) is 16.9 Å². The highest BCUT2D eigenvalue weighted by Crippen LogP contribution is 2.10. The molecule has 1 aromatic rings. The lowest BCUT2D eigenvalue weighted by Gasteiger charge is -2.05. The van der Waals surface area contributed by atoms with Crippen molar-refractivity contribution in [1.29, 1.82) is 5.26 Å². The fraction of sp³-hybridized carbons (Fsp3) is 0.286. The van der Waals surface area contributed by atoms with Crippen molar-refractivity contribution >= 4 is 23.2 Å². The molecule has 0 aliphatic heterocycles. The van der Waals surface area contributed by atoms with Crippen molar-refractivity contribution in [2.24, 2.45) is 0 Å². The first kappa shape index (κ1) is 15.1. The second-order valence-corrected chi connectivity index (χ2v) is 4.37. The summed E-state index contributed by atoms with van der Waals surface area (Å²) in [6.45, 7) is 2.57. The Morgan fingerprint density at radius 3 is 2.95 bits per heavy atom. The first-order valence-electron chi connectivity index (χ1n) is 5.95. The quantitative estimate of drug-likeness (QED) is 0.363. The van der Waals surface area contributed by atoms with Crippen molar-refractivity contribution in [3.05, 3.63) is 41.6 Å². The minimum Gasteiger partial charge on any atom is -0.390 e. The summed E-state index contributed by atoms with van der Waals surface area (Å²) < 4.78 is 0. The van der Waals surface area contributed by atoms with E-state index in [0.717, 1.165) is 12.0 Å². The first-order valence-corrected chi connectivity index (χ1v) is 6.48. The van der Waals surface area contributed by atoms with Crippen molar-refractivity contribution < 1.29 is 4.79 Å². The summed E-state index contributed by atoms with van der Waals surface area (Å²) >= 11 is 5.53. The number of hydrogen-bond acceptors (Lipinski definition) is 3. The van der Waals surface area contributed by atoms with E-state index < -0.39 is 5.91 Å². The number of nitrogens with one attached hydrogen (secondary N) is 2. The van der Waals surface area contributed by atoms with E-state index in [0.29, 0.717) is 18.1 Å². The molecule has 1 aromatic carbocycles. The van der Waals surface area contributed by atoms with Gasteiger partial charge in [-0.05, 0) is 31.0 Å². The van der Waals surface area contributed by atoms with Crippen LogP contribution in [0.4, 0.5) is 5.69 Å². The maximum Gasteiger partial charge on any atom is 0.267 e. The number of amides is 1. The number of halogens is 1. The summed E-state index contributed by atoms with van der Waals surface area (Å²) in [5.74, 6) is 0.115. The molecule has 1 rings (SSSR count). The Kier molecular flexibility index (Phi) is 6.48. The van der Waals surface area contributed by atoms with Crippen LogP contribution in [-0.4, -0.2) is 18.3 Å². The maximum absolute atomic E-state index is 11.9. The number of aryl methyl sites for hydroxylation is 1. The van der Waals surface area contributed by atoms with Crippen LogP contribution in [0, 0.1) is 18.3 Å². The van der Waals surface area contributed by atoms with E-state index in [1.54, 1.807) is 6.07 Å². The molecule has 0 heterocycles. The Bertz CT molecular complexity index is 506. The number of alkyl halides is 1. The van der Waals surface area contributed by atoms with Crippen LogP contribution >= 0.6 is 11.6 Å². The van der Waals surface area contributed by atoms with Gasteiger partial charge in [0.25, 0.3) is 5.91 Å². The van der Waals surface area contributed by atoms with Crippen LogP contribution in [0.5, 0.6) is 0 Å². The Morgan fingerprint density at radius 1 is 1.53 bits per heavy atom. The highest BCUT2D eigenvalue weighted by molar-refractivity contribution is 6.17. The number of hydrogen-bond donors (Lipinski definition) is 2. The van der Waals surface area contributed by atoms with Gasteiger partial charge in [0.2, 0.25) is 0 Å². The molecule has 0 unspecified atom stereocenters. The van der Waals surface area contributed by atoms with Crippen LogP contribution in [0.2, 0.25) is 0 Å². The molecule has 0 saturated heterocycles. The topological polar surface area (TPSA) is 64.9 Å². The minimum atomic E-state index is -0.425. The van der Waals surface area contributed by atoms with Crippen molar-refractivity contribution in [3.8, 4) is 6.07 Å². The lowest BCUT2D eigenvalue weighted by molar-refractivity contribution is -0.112. The van der Waals surface area contributed by atoms with E-state index in [9.17, 15) is 4.79 Å². The van der Waals surface area contributed by atoms with Crippen molar-refractivity contribution in [3.63, 3.8) is 0 Å². The van der Waals surface area contributed by atoms with E-state index in [-0.39, 0.29) is 5.57 Å². The smallest absolute Gasteiger partial charge is 0.267 e. The van der Waals surface area contributed by atoms with E-state index in [2.05, 4.69) is 10.6 Å². The summed E-state index contributed by atoms with van der Waals surface area (Å²) in [6.07, 6.45) is 2.19. The third kappa shape index (κ3) is 5.45. The average Bonchev–Trinajstić information content (AvgIpc) is 2.38. The molecule has 0 aromatic heterocycles. The van der Waals surface area contributed by atoms with Crippen LogP contribution in [0.3, 0.4) is 0 Å². The molecule has 0 saturated carbocycles. The molecule has 0 atom stereocenters. The number of rotatable bonds is 6. The molecule has 5 heteroatoms. The minimum absolute atomic E-state index is 0.0380. The first-order chi connectivity index (χ1) is 9.17. The second kappa shape index (κ2) is 8.17. The molecule has 100 valence electrons. The zero-order valence-corrected chi connectivity index (χ0v) is 11.5. The number of anilines is 1. The molecule has 19 heavy (non-hydrogen) atoms. The molecular weight excluding hydrogens is 262 g/mol. The zero-order valence-electron chi connectivity index (χ0n) is 10.7. The SMILES string of the molecule is Cc1cccc(NC(=O)/C(C#N)=C\NCCCCl)c1. The lowest BCUT2D eigenvalue weighted by Crippen LogP contribution is -2.17. The number of carbonyl (C=O) groups is 1. The lowest BCUT2D eigenvalue weighted by atomic mass is 10.2. The van der Waals surface area contributed by atoms with Gasteiger partial charge in [-0.3, -0.25) is 4.79 Å². The highest BCUT2D eigenvalue weighted by Gasteiger charge is 2.08. The summed E-state index contributed by atoms with van der Waals surface area (Å²) in [7, 11) is 0. The van der Waals surface area contributed by atoms with Gasteiger partial charge in [0.15, 0.2) is 0 Å². The van der Waals surface area contributed by atoms with E-state index in [1.165, 1.54) is 6.20 Å². The molecule has 4 nitrogen and oxygen atoms in total. The summed E-state index contributed by atoms with van der Waals surface area (Å²) in [5.41, 5.74) is 1.75. The molecule has 0 aliphatic rings. The van der Waals surface area contributed by atoms with Gasteiger partial charge in [0.05, 0.1) is 0 Å². The Balaban J connectivity index is 2.62. The summed E-state index contributed by atoms with van der Waals surface area (Å²) in [5, 5.41) is 14.5. The van der Waals surface area contributed by atoms with Crippen molar-refractivity contribution in [2.45, 2.75) is 13.3 Å². The van der Waals surface area contributed by atoms with Gasteiger partial charge in [-0.15, -0.1) is 11.6 Å². The molecule has 2 N–H and O–H groups in total. The number of nitrogens with zero attached hydrogens (tertiary/aromatic N) is 1. The van der Waals surface area contributed by atoms with Gasteiger partial charge in [-0.1, -0.05) is 12.1 Å². The Labute approximate surface area is 118 Å². The number of nitriles is 1. The molecule has 0 aliphatic carbocycles. The second-order valence-electron chi connectivity index (χ2n) is 3.99. The standard InChI is InChI=1S/C14H16ClN3O/c1-11-4-2-5-13(8-11)18-14(19)12(9-16)10-17-7-3-6-15/h2,4-5,8,10,17H,3,6-7H2,1H3,(H,18,19)/b12-10-. The van der Waals surface area contributed by atoms with Crippen LogP contribution < -0.4 is 10.6 Å². The fourth-order valence-electron chi connectivity index (χ4n) is 1.41. The van der Waals surface area contributed by atoms with Gasteiger partial charge in [0.1, 0.15) is 11.6 Å². The number of benzene rings is 1. The molecule has 0 radical (unpaired) electrons. The predicted molar refractivity (Wildman–Crippen MR) is 76.8 cm³/mol. The Morgan fingerprint density at radius 2 is 2.32 bits per heavy atom. The molecule has 0 spiro atoms. The van der Waals surface area contributed by atoms with E-state index >= 15 is 0 Å². The van der Waals surface area contributed by atoms with Crippen LogP contribution in [0.25, 0.3) is 0 Å². The van der Waals surface area contributed by atoms with Gasteiger partial charge < -0.3 is 10.6 Å². The fourth-order valence-corrected chi connectivity index (χ4v) is 1.55. The van der Waals surface area contributed by atoms with Crippen LogP contribution in [-0.2, 0) is 4.79 Å². The van der Waals surface area contributed by atoms with Gasteiger partial charge in [-0.25, -0.2) is 0 Å². The zero-order chi connectivity index (χ0) is 14.1. The Hall–Kier alpha value is -1.99. The molecule has 0 fully saturated rings. The monoisotopic (exact) mass is 277 g/mol. The summed E-state index contributed by atoms with van der Waals surface area (Å²) in [4.78, 5) is 11.9. The van der Waals surface area contributed by atoms with Crippen LogP contribution in [0.15, 0.2) is 36.0 Å². The van der Waals surface area contributed by atoms with Crippen molar-refractivity contribution in [1.82, 2.24) is 5.32 Å². The van der Waals surface area contributed by atoms with Gasteiger partial charge in [-0.2, -0.15) is 5.26 Å². The van der Waals surface area contributed by atoms with Gasteiger partial charge in [0, 0.05) is 24.3 Å². The molecule has 0 bridgehead atoms. The predicted octanol–water partition coefficient (Wildman–Crippen LogP) is 2.56. The van der Waals surface area contributed by atoms with E-state index in [1.807, 2.05) is 31.2 Å². The van der Waals surface area contributed by atoms with Crippen molar-refractivity contribution in [2.75, 3.05) is 17.7 Å². The third-order valence-corrected chi connectivity index (χ3v) is 2.61. The number of carbonyl (C=O) groups excluding carboxylic acids is 1. The summed E-state index contributed by atoms with van der Waals surface area (Å²) in [6, 6.07) is 9.27. The maximum atomic E-state index is 11.9. The third-order valence-electron chi connectivity index (χ3n) is 2.34. The average molecular weight is 278 g/mol. The van der Waals surface area contributed by atoms with Crippen LogP contribution in [0.1, 0.15) is 12.0 Å².